The lowest BCUT2D eigenvalue weighted by Crippen LogP contribution is -1.94. The second-order valence-electron chi connectivity index (χ2n) is 5.57. The molecule has 3 rings (SSSR count). The number of benzene rings is 2. The third kappa shape index (κ3) is 4.31. The molecule has 1 heterocycles. The fourth-order valence-electron chi connectivity index (χ4n) is 2.73. The zero-order valence-electron chi connectivity index (χ0n) is 15.0. The number of thioether (sulfide) groups is 1. The summed E-state index contributed by atoms with van der Waals surface area (Å²) in [6.45, 7) is 5.99. The van der Waals surface area contributed by atoms with Crippen molar-refractivity contribution in [1.29, 1.82) is 0 Å². The quantitative estimate of drug-likeness (QED) is 0.390. The van der Waals surface area contributed by atoms with Crippen molar-refractivity contribution in [1.82, 2.24) is 0 Å². The van der Waals surface area contributed by atoms with E-state index in [9.17, 15) is 4.39 Å². The molecule has 0 bridgehead atoms. The van der Waals surface area contributed by atoms with Crippen LogP contribution in [0.15, 0.2) is 58.2 Å². The topological polar surface area (TPSA) is 13.1 Å². The van der Waals surface area contributed by atoms with Crippen molar-refractivity contribution in [2.75, 3.05) is 12.0 Å². The molecular formula is C21H23FOS2. The molecule has 0 atom stereocenters. The van der Waals surface area contributed by atoms with Crippen LogP contribution in [0.2, 0.25) is 0 Å². The Morgan fingerprint density at radius 2 is 1.60 bits per heavy atom. The van der Waals surface area contributed by atoms with Crippen molar-refractivity contribution in [3.8, 4) is 22.3 Å². The molecule has 0 N–H and O–H groups in total. The summed E-state index contributed by atoms with van der Waals surface area (Å²) >= 11 is 5.23. The number of hydrogen-bond donors (Lipinski definition) is 1. The van der Waals surface area contributed by atoms with Crippen molar-refractivity contribution >= 4 is 24.4 Å². The van der Waals surface area contributed by atoms with Gasteiger partial charge in [0.1, 0.15) is 5.82 Å². The van der Waals surface area contributed by atoms with Crippen LogP contribution in [0.5, 0.6) is 0 Å². The van der Waals surface area contributed by atoms with Gasteiger partial charge >= 0.3 is 0 Å². The molecule has 0 spiro atoms. The molecule has 1 aromatic heterocycles. The lowest BCUT2D eigenvalue weighted by atomic mass is 9.93. The van der Waals surface area contributed by atoms with Gasteiger partial charge in [-0.05, 0) is 54.2 Å². The molecule has 0 unspecified atom stereocenters. The molecule has 0 aliphatic heterocycles. The highest BCUT2D eigenvalue weighted by atomic mass is 32.2. The Hall–Kier alpha value is -1.65. The number of hydrogen-bond acceptors (Lipinski definition) is 3. The fraction of sp³-hybridized carbons (Fsp3) is 0.238. The predicted octanol–water partition coefficient (Wildman–Crippen LogP) is 7.03. The van der Waals surface area contributed by atoms with Crippen molar-refractivity contribution in [3.05, 3.63) is 65.9 Å². The lowest BCUT2D eigenvalue weighted by molar-refractivity contribution is 0.568. The number of furan rings is 1. The van der Waals surface area contributed by atoms with Gasteiger partial charge in [0.15, 0.2) is 0 Å². The Balaban J connectivity index is 0.000000701. The van der Waals surface area contributed by atoms with Crippen LogP contribution in [0.4, 0.5) is 4.39 Å². The van der Waals surface area contributed by atoms with E-state index in [1.54, 1.807) is 18.6 Å². The summed E-state index contributed by atoms with van der Waals surface area (Å²) in [5.41, 5.74) is 5.95. The summed E-state index contributed by atoms with van der Waals surface area (Å²) in [5.74, 6) is 0.769. The third-order valence-corrected chi connectivity index (χ3v) is 4.95. The maximum Gasteiger partial charge on any atom is 0.137 e. The maximum atomic E-state index is 14.4. The minimum atomic E-state index is -0.175. The van der Waals surface area contributed by atoms with Gasteiger partial charge in [0.2, 0.25) is 0 Å². The van der Waals surface area contributed by atoms with Crippen molar-refractivity contribution < 1.29 is 8.81 Å². The number of halogens is 1. The van der Waals surface area contributed by atoms with E-state index in [-0.39, 0.29) is 5.82 Å². The molecule has 4 heteroatoms. The first-order valence-electron chi connectivity index (χ1n) is 8.11. The minimum Gasteiger partial charge on any atom is -0.471 e. The van der Waals surface area contributed by atoms with Crippen LogP contribution in [-0.4, -0.2) is 12.0 Å². The normalized spacial score (nSPS) is 10.3. The molecule has 1 nitrogen and oxygen atoms in total. The van der Waals surface area contributed by atoms with Gasteiger partial charge < -0.3 is 4.42 Å². The van der Waals surface area contributed by atoms with Gasteiger partial charge in [-0.2, -0.15) is 12.6 Å². The Kier molecular flexibility index (Phi) is 7.21. The van der Waals surface area contributed by atoms with Gasteiger partial charge in [0.05, 0.1) is 12.5 Å². The zero-order chi connectivity index (χ0) is 18.4. The van der Waals surface area contributed by atoms with Crippen LogP contribution in [0.3, 0.4) is 0 Å². The second kappa shape index (κ2) is 9.16. The van der Waals surface area contributed by atoms with Crippen LogP contribution in [0.1, 0.15) is 18.1 Å². The molecular weight excluding hydrogens is 351 g/mol. The SMILES string of the molecule is CCS.CSc1c(F)cc(-c2cocc2-c2ccccc2)c(C)c1C. The van der Waals surface area contributed by atoms with Crippen LogP contribution in [0.25, 0.3) is 22.3 Å². The standard InChI is InChI=1S/C19H17FOS.C2H6S/c1-12-13(2)19(22-3)18(20)9-15(12)17-11-21-10-16(17)14-7-5-4-6-8-14;1-2-3/h4-11H,1-3H3;3H,2H2,1H3. The molecule has 2 aromatic carbocycles. The Morgan fingerprint density at radius 1 is 1.00 bits per heavy atom. The summed E-state index contributed by atoms with van der Waals surface area (Å²) in [6.07, 6.45) is 5.32. The summed E-state index contributed by atoms with van der Waals surface area (Å²) in [5, 5.41) is 0. The van der Waals surface area contributed by atoms with Crippen molar-refractivity contribution in [2.24, 2.45) is 0 Å². The second-order valence-corrected chi connectivity index (χ2v) is 7.02. The smallest absolute Gasteiger partial charge is 0.137 e. The Morgan fingerprint density at radius 3 is 2.20 bits per heavy atom. The summed E-state index contributed by atoms with van der Waals surface area (Å²) in [7, 11) is 0. The first kappa shape index (κ1) is 19.7. The summed E-state index contributed by atoms with van der Waals surface area (Å²) in [6, 6.07) is 11.6. The van der Waals surface area contributed by atoms with Gasteiger partial charge in [0.25, 0.3) is 0 Å². The third-order valence-electron chi connectivity index (χ3n) is 4.04. The van der Waals surface area contributed by atoms with E-state index in [0.29, 0.717) is 4.90 Å². The Labute approximate surface area is 159 Å². The molecule has 0 aliphatic carbocycles. The fourth-order valence-corrected chi connectivity index (χ4v) is 3.44. The minimum absolute atomic E-state index is 0.175. The van der Waals surface area contributed by atoms with Crippen LogP contribution >= 0.6 is 24.4 Å². The molecule has 0 amide bonds. The number of thiol groups is 1. The maximum absolute atomic E-state index is 14.4. The van der Waals surface area contributed by atoms with Crippen LogP contribution in [0, 0.1) is 19.7 Å². The molecule has 132 valence electrons. The van der Waals surface area contributed by atoms with E-state index in [4.69, 9.17) is 4.42 Å². The van der Waals surface area contributed by atoms with Crippen molar-refractivity contribution in [3.63, 3.8) is 0 Å². The average molecular weight is 375 g/mol. The largest absolute Gasteiger partial charge is 0.471 e. The van der Waals surface area contributed by atoms with Crippen LogP contribution in [-0.2, 0) is 0 Å². The first-order valence-corrected chi connectivity index (χ1v) is 9.97. The predicted molar refractivity (Wildman–Crippen MR) is 110 cm³/mol. The Bertz CT molecular complexity index is 825. The van der Waals surface area contributed by atoms with E-state index in [0.717, 1.165) is 39.1 Å². The highest BCUT2D eigenvalue weighted by molar-refractivity contribution is 7.98. The molecule has 0 fully saturated rings. The monoisotopic (exact) mass is 374 g/mol. The van der Waals surface area contributed by atoms with Gasteiger partial charge in [0, 0.05) is 16.0 Å². The first-order chi connectivity index (χ1) is 12.0. The van der Waals surface area contributed by atoms with E-state index < -0.39 is 0 Å². The molecule has 25 heavy (non-hydrogen) atoms. The molecule has 0 saturated heterocycles. The highest BCUT2D eigenvalue weighted by Gasteiger charge is 2.17. The van der Waals surface area contributed by atoms with Gasteiger partial charge in [-0.25, -0.2) is 4.39 Å². The van der Waals surface area contributed by atoms with Crippen LogP contribution < -0.4 is 0 Å². The van der Waals surface area contributed by atoms with E-state index in [2.05, 4.69) is 12.6 Å². The van der Waals surface area contributed by atoms with E-state index in [1.807, 2.05) is 57.4 Å². The zero-order valence-corrected chi connectivity index (χ0v) is 16.7. The molecule has 0 radical (unpaired) electrons. The number of rotatable bonds is 3. The van der Waals surface area contributed by atoms with E-state index in [1.165, 1.54) is 11.8 Å². The van der Waals surface area contributed by atoms with Crippen molar-refractivity contribution in [2.45, 2.75) is 25.7 Å². The summed E-state index contributed by atoms with van der Waals surface area (Å²) in [4.78, 5) is 0.714. The molecule has 0 saturated carbocycles. The highest BCUT2D eigenvalue weighted by Crippen LogP contribution is 2.38. The lowest BCUT2D eigenvalue weighted by Gasteiger charge is -2.13. The van der Waals surface area contributed by atoms with E-state index >= 15 is 0 Å². The van der Waals surface area contributed by atoms with Gasteiger partial charge in [-0.15, -0.1) is 11.8 Å². The summed E-state index contributed by atoms with van der Waals surface area (Å²) < 4.78 is 19.8. The molecule has 0 aliphatic rings. The van der Waals surface area contributed by atoms with Gasteiger partial charge in [-0.3, -0.25) is 0 Å². The molecule has 3 aromatic rings. The average Bonchev–Trinajstić information content (AvgIpc) is 3.09. The van der Waals surface area contributed by atoms with Gasteiger partial charge in [-0.1, -0.05) is 37.3 Å².